The largest absolute Gasteiger partial charge is 0.288 e. The van der Waals surface area contributed by atoms with Crippen LogP contribution in [-0.2, 0) is 0 Å². The summed E-state index contributed by atoms with van der Waals surface area (Å²) >= 11 is 0. The number of benzene rings is 2. The lowest BCUT2D eigenvalue weighted by Crippen LogP contribution is -2.01. The molecule has 0 spiro atoms. The van der Waals surface area contributed by atoms with E-state index in [1.54, 1.807) is 36.4 Å². The zero-order valence-corrected chi connectivity index (χ0v) is 10.9. The Bertz CT molecular complexity index is 759. The van der Waals surface area contributed by atoms with E-state index in [2.05, 4.69) is 0 Å². The molecule has 0 heterocycles. The minimum Gasteiger partial charge on any atom is -0.288 e. The molecule has 0 saturated carbocycles. The lowest BCUT2D eigenvalue weighted by atomic mass is 10.0. The number of carbonyl (C=O) groups excluding carboxylic acids is 1. The molecule has 0 aliphatic heterocycles. The van der Waals surface area contributed by atoms with Gasteiger partial charge in [0.2, 0.25) is 5.78 Å². The molecule has 102 valence electrons. The highest BCUT2D eigenvalue weighted by Crippen LogP contribution is 2.17. The third-order valence-electron chi connectivity index (χ3n) is 2.79. The Morgan fingerprint density at radius 1 is 1.14 bits per heavy atom. The first-order valence-electron chi connectivity index (χ1n) is 6.08. The molecule has 0 N–H and O–H groups in total. The molecule has 2 aromatic rings. The SMILES string of the molecule is N#C/C(=C\c1cccc([N+](=O)[O-])c1)C(=O)c1ccccc1. The fourth-order valence-electron chi connectivity index (χ4n) is 1.79. The Morgan fingerprint density at radius 2 is 1.86 bits per heavy atom. The standard InChI is InChI=1S/C16H10N2O3/c17-11-14(16(19)13-6-2-1-3-7-13)9-12-5-4-8-15(10-12)18(20)21/h1-10H/b14-9+. The van der Waals surface area contributed by atoms with Crippen molar-refractivity contribution in [3.05, 3.63) is 81.4 Å². The predicted octanol–water partition coefficient (Wildman–Crippen LogP) is 3.38. The summed E-state index contributed by atoms with van der Waals surface area (Å²) in [4.78, 5) is 22.4. The van der Waals surface area contributed by atoms with Gasteiger partial charge in [-0.15, -0.1) is 0 Å². The Kier molecular flexibility index (Phi) is 4.22. The number of rotatable bonds is 4. The molecule has 0 saturated heterocycles. The molecule has 2 aromatic carbocycles. The number of carbonyl (C=O) groups is 1. The predicted molar refractivity (Wildman–Crippen MR) is 77.5 cm³/mol. The van der Waals surface area contributed by atoms with Crippen LogP contribution in [0.15, 0.2) is 60.2 Å². The van der Waals surface area contributed by atoms with Crippen LogP contribution >= 0.6 is 0 Å². The van der Waals surface area contributed by atoms with E-state index >= 15 is 0 Å². The number of Topliss-reactive ketones (excluding diaryl/α,β-unsaturated/α-hetero) is 1. The van der Waals surface area contributed by atoms with Crippen molar-refractivity contribution in [2.24, 2.45) is 0 Å². The quantitative estimate of drug-likeness (QED) is 0.282. The van der Waals surface area contributed by atoms with Crippen molar-refractivity contribution in [3.8, 4) is 6.07 Å². The lowest BCUT2D eigenvalue weighted by molar-refractivity contribution is -0.384. The summed E-state index contributed by atoms with van der Waals surface area (Å²) in [5.74, 6) is -0.412. The molecule has 5 nitrogen and oxygen atoms in total. The number of nitro benzene ring substituents is 1. The molecule has 0 atom stereocenters. The molecule has 0 aliphatic carbocycles. The van der Waals surface area contributed by atoms with Crippen molar-refractivity contribution in [2.45, 2.75) is 0 Å². The van der Waals surface area contributed by atoms with Crippen molar-refractivity contribution in [1.82, 2.24) is 0 Å². The molecule has 0 radical (unpaired) electrons. The van der Waals surface area contributed by atoms with Crippen LogP contribution in [0.1, 0.15) is 15.9 Å². The zero-order chi connectivity index (χ0) is 15.2. The van der Waals surface area contributed by atoms with Gasteiger partial charge in [0.05, 0.1) is 4.92 Å². The zero-order valence-electron chi connectivity index (χ0n) is 10.9. The Balaban J connectivity index is 2.38. The molecule has 0 amide bonds. The van der Waals surface area contributed by atoms with E-state index in [0.717, 1.165) is 0 Å². The van der Waals surface area contributed by atoms with Crippen molar-refractivity contribution in [2.75, 3.05) is 0 Å². The van der Waals surface area contributed by atoms with Crippen LogP contribution in [0.3, 0.4) is 0 Å². The third kappa shape index (κ3) is 3.39. The Morgan fingerprint density at radius 3 is 2.48 bits per heavy atom. The molecule has 0 aromatic heterocycles. The van der Waals surface area contributed by atoms with Gasteiger partial charge in [0.15, 0.2) is 0 Å². The number of hydrogen-bond donors (Lipinski definition) is 0. The maximum absolute atomic E-state index is 12.2. The summed E-state index contributed by atoms with van der Waals surface area (Å²) in [6.07, 6.45) is 1.35. The van der Waals surface area contributed by atoms with Crippen LogP contribution in [0.4, 0.5) is 5.69 Å². The molecular formula is C16H10N2O3. The average molecular weight is 278 g/mol. The second-order valence-corrected chi connectivity index (χ2v) is 4.22. The van der Waals surface area contributed by atoms with E-state index < -0.39 is 10.7 Å². The van der Waals surface area contributed by atoms with Crippen molar-refractivity contribution < 1.29 is 9.72 Å². The number of nitro groups is 1. The molecule has 2 rings (SSSR count). The van der Waals surface area contributed by atoms with E-state index in [4.69, 9.17) is 5.26 Å². The fourth-order valence-corrected chi connectivity index (χ4v) is 1.79. The molecule has 0 aliphatic rings. The first-order chi connectivity index (χ1) is 10.1. The number of nitriles is 1. The van der Waals surface area contributed by atoms with E-state index in [1.807, 2.05) is 6.07 Å². The third-order valence-corrected chi connectivity index (χ3v) is 2.79. The summed E-state index contributed by atoms with van der Waals surface area (Å²) < 4.78 is 0. The minimum absolute atomic E-state index is 0.0679. The number of ketones is 1. The van der Waals surface area contributed by atoms with Gasteiger partial charge in [-0.1, -0.05) is 42.5 Å². The number of nitrogens with zero attached hydrogens (tertiary/aromatic N) is 2. The Labute approximate surface area is 120 Å². The van der Waals surface area contributed by atoms with E-state index in [0.29, 0.717) is 11.1 Å². The van der Waals surface area contributed by atoms with Gasteiger partial charge in [-0.25, -0.2) is 0 Å². The van der Waals surface area contributed by atoms with Gasteiger partial charge in [0.1, 0.15) is 11.6 Å². The smallest absolute Gasteiger partial charge is 0.270 e. The van der Waals surface area contributed by atoms with Crippen LogP contribution in [0.25, 0.3) is 6.08 Å². The summed E-state index contributed by atoms with van der Waals surface area (Å²) in [6, 6.07) is 16.0. The van der Waals surface area contributed by atoms with Gasteiger partial charge in [-0.2, -0.15) is 5.26 Å². The van der Waals surface area contributed by atoms with Crippen LogP contribution in [0.5, 0.6) is 0 Å². The first-order valence-corrected chi connectivity index (χ1v) is 6.08. The minimum atomic E-state index is -0.525. The Hall–Kier alpha value is -3.26. The number of allylic oxidation sites excluding steroid dienone is 1. The van der Waals surface area contributed by atoms with Gasteiger partial charge >= 0.3 is 0 Å². The van der Waals surface area contributed by atoms with E-state index in [-0.39, 0.29) is 11.3 Å². The topological polar surface area (TPSA) is 84.0 Å². The van der Waals surface area contributed by atoms with Gasteiger partial charge < -0.3 is 0 Å². The number of hydrogen-bond acceptors (Lipinski definition) is 4. The maximum Gasteiger partial charge on any atom is 0.270 e. The van der Waals surface area contributed by atoms with Crippen molar-refractivity contribution in [1.29, 1.82) is 5.26 Å². The number of non-ortho nitro benzene ring substituents is 1. The van der Waals surface area contributed by atoms with Crippen LogP contribution in [0, 0.1) is 21.4 Å². The molecule has 21 heavy (non-hydrogen) atoms. The van der Waals surface area contributed by atoms with Crippen LogP contribution in [0.2, 0.25) is 0 Å². The highest BCUT2D eigenvalue weighted by atomic mass is 16.6. The van der Waals surface area contributed by atoms with Crippen molar-refractivity contribution in [3.63, 3.8) is 0 Å². The van der Waals surface area contributed by atoms with Gasteiger partial charge in [0, 0.05) is 17.7 Å². The fraction of sp³-hybridized carbons (Fsp3) is 0. The monoisotopic (exact) mass is 278 g/mol. The summed E-state index contributed by atoms with van der Waals surface area (Å²) in [7, 11) is 0. The second-order valence-electron chi connectivity index (χ2n) is 4.22. The van der Waals surface area contributed by atoms with E-state index in [1.165, 1.54) is 24.3 Å². The lowest BCUT2D eigenvalue weighted by Gasteiger charge is -1.99. The highest BCUT2D eigenvalue weighted by Gasteiger charge is 2.12. The second kappa shape index (κ2) is 6.26. The van der Waals surface area contributed by atoms with Gasteiger partial charge in [0.25, 0.3) is 5.69 Å². The molecule has 0 fully saturated rings. The molecule has 5 heteroatoms. The van der Waals surface area contributed by atoms with Gasteiger partial charge in [-0.05, 0) is 11.6 Å². The first kappa shape index (κ1) is 14.2. The normalized spacial score (nSPS) is 10.7. The summed E-state index contributed by atoms with van der Waals surface area (Å²) in [5.41, 5.74) is 0.677. The molecule has 0 unspecified atom stereocenters. The summed E-state index contributed by atoms with van der Waals surface area (Å²) in [5, 5.41) is 19.8. The van der Waals surface area contributed by atoms with Crippen LogP contribution < -0.4 is 0 Å². The molecular weight excluding hydrogens is 268 g/mol. The van der Waals surface area contributed by atoms with Crippen LogP contribution in [-0.4, -0.2) is 10.7 Å². The average Bonchev–Trinajstić information content (AvgIpc) is 2.53. The van der Waals surface area contributed by atoms with Crippen molar-refractivity contribution >= 4 is 17.5 Å². The van der Waals surface area contributed by atoms with Gasteiger partial charge in [-0.3, -0.25) is 14.9 Å². The maximum atomic E-state index is 12.2. The molecule has 0 bridgehead atoms. The summed E-state index contributed by atoms with van der Waals surface area (Å²) in [6.45, 7) is 0. The highest BCUT2D eigenvalue weighted by molar-refractivity contribution is 6.14. The van der Waals surface area contributed by atoms with E-state index in [9.17, 15) is 14.9 Å².